The monoisotopic (exact) mass is 345 g/mol. The molecule has 0 heterocycles. The fraction of sp³-hybridized carbons (Fsp3) is 0.938. The Kier molecular flexibility index (Phi) is 19.6. The molecule has 0 aromatic rings. The molecule has 0 radical (unpaired) electrons. The summed E-state index contributed by atoms with van der Waals surface area (Å²) in [6.07, 6.45) is 1.52. The molecule has 8 heteroatoms. The first-order valence-electron chi connectivity index (χ1n) is 9.31. The van der Waals surface area contributed by atoms with Gasteiger partial charge in [-0.3, -0.25) is 4.79 Å². The van der Waals surface area contributed by atoms with Crippen molar-refractivity contribution >= 4 is 5.91 Å². The molecule has 0 aliphatic heterocycles. The van der Waals surface area contributed by atoms with Crippen molar-refractivity contribution < 1.29 is 4.79 Å². The summed E-state index contributed by atoms with van der Waals surface area (Å²) in [5.74, 6) is 0.143. The molecule has 0 aromatic carbocycles. The maximum atomic E-state index is 11.2. The van der Waals surface area contributed by atoms with E-state index in [-0.39, 0.29) is 5.91 Å². The number of nitrogens with two attached hydrogens (primary N) is 1. The van der Waals surface area contributed by atoms with Crippen molar-refractivity contribution in [2.75, 3.05) is 78.5 Å². The van der Waals surface area contributed by atoms with Crippen molar-refractivity contribution in [3.63, 3.8) is 0 Å². The maximum absolute atomic E-state index is 11.2. The summed E-state index contributed by atoms with van der Waals surface area (Å²) in [5, 5.41) is 19.6. The molecule has 0 unspecified atom stereocenters. The molecule has 1 amide bonds. The quantitative estimate of drug-likeness (QED) is 0.133. The Morgan fingerprint density at radius 1 is 0.667 bits per heavy atom. The van der Waals surface area contributed by atoms with Gasteiger partial charge >= 0.3 is 0 Å². The summed E-state index contributed by atoms with van der Waals surface area (Å²) < 4.78 is 0. The van der Waals surface area contributed by atoms with Crippen molar-refractivity contribution in [1.82, 2.24) is 31.9 Å². The molecule has 0 aromatic heterocycles. The zero-order valence-electron chi connectivity index (χ0n) is 15.4. The number of rotatable bonds is 19. The lowest BCUT2D eigenvalue weighted by Crippen LogP contribution is -2.38. The highest BCUT2D eigenvalue weighted by Gasteiger charge is 1.96. The molecule has 144 valence electrons. The summed E-state index contributed by atoms with van der Waals surface area (Å²) in [4.78, 5) is 11.2. The van der Waals surface area contributed by atoms with Gasteiger partial charge in [0.1, 0.15) is 0 Å². The lowest BCUT2D eigenvalue weighted by atomic mass is 10.3. The van der Waals surface area contributed by atoms with E-state index >= 15 is 0 Å². The molecule has 0 saturated heterocycles. The minimum absolute atomic E-state index is 0.143. The van der Waals surface area contributed by atoms with Crippen LogP contribution in [0.4, 0.5) is 0 Å². The van der Waals surface area contributed by atoms with E-state index in [1.165, 1.54) is 0 Å². The molecule has 0 rings (SSSR count). The third-order valence-electron chi connectivity index (χ3n) is 3.34. The molecule has 24 heavy (non-hydrogen) atoms. The first-order valence-corrected chi connectivity index (χ1v) is 9.31. The third-order valence-corrected chi connectivity index (χ3v) is 3.34. The van der Waals surface area contributed by atoms with Gasteiger partial charge < -0.3 is 37.6 Å². The van der Waals surface area contributed by atoms with Gasteiger partial charge in [0.15, 0.2) is 0 Å². The normalized spacial score (nSPS) is 10.9. The van der Waals surface area contributed by atoms with Gasteiger partial charge in [0, 0.05) is 85.0 Å². The number of amides is 1. The Balaban J connectivity index is 3.01. The fourth-order valence-electron chi connectivity index (χ4n) is 2.04. The van der Waals surface area contributed by atoms with Gasteiger partial charge in [-0.1, -0.05) is 6.92 Å². The van der Waals surface area contributed by atoms with E-state index in [1.807, 2.05) is 6.92 Å². The topological polar surface area (TPSA) is 115 Å². The number of hydrogen-bond acceptors (Lipinski definition) is 7. The number of nitrogens with one attached hydrogen (secondary N) is 6. The Morgan fingerprint density at radius 2 is 1.04 bits per heavy atom. The Morgan fingerprint density at radius 3 is 1.42 bits per heavy atom. The molecule has 0 fully saturated rings. The number of hydrogen-bond donors (Lipinski definition) is 7. The van der Waals surface area contributed by atoms with Crippen molar-refractivity contribution in [3.05, 3.63) is 0 Å². The van der Waals surface area contributed by atoms with E-state index in [0.717, 1.165) is 71.9 Å². The lowest BCUT2D eigenvalue weighted by molar-refractivity contribution is -0.121. The molecule has 8 nitrogen and oxygen atoms in total. The van der Waals surface area contributed by atoms with Gasteiger partial charge in [-0.25, -0.2) is 0 Å². The smallest absolute Gasteiger partial charge is 0.220 e. The van der Waals surface area contributed by atoms with Crippen LogP contribution < -0.4 is 37.6 Å². The first-order chi connectivity index (χ1) is 11.8. The van der Waals surface area contributed by atoms with Crippen LogP contribution in [0.25, 0.3) is 0 Å². The van der Waals surface area contributed by atoms with Gasteiger partial charge in [-0.15, -0.1) is 0 Å². The van der Waals surface area contributed by atoms with E-state index in [2.05, 4.69) is 31.9 Å². The zero-order chi connectivity index (χ0) is 17.7. The predicted octanol–water partition coefficient (Wildman–Crippen LogP) is -2.19. The second-order valence-corrected chi connectivity index (χ2v) is 5.64. The molecule has 0 spiro atoms. The van der Waals surface area contributed by atoms with Crippen LogP contribution in [0, 0.1) is 0 Å². The van der Waals surface area contributed by atoms with E-state index in [0.29, 0.717) is 19.5 Å². The molecule has 0 bridgehead atoms. The summed E-state index contributed by atoms with van der Waals surface area (Å²) in [6, 6.07) is 0. The van der Waals surface area contributed by atoms with Crippen LogP contribution in [0.1, 0.15) is 19.8 Å². The van der Waals surface area contributed by atoms with Crippen LogP contribution >= 0.6 is 0 Å². The summed E-state index contributed by atoms with van der Waals surface area (Å²) >= 11 is 0. The van der Waals surface area contributed by atoms with Gasteiger partial charge in [0.05, 0.1) is 0 Å². The second-order valence-electron chi connectivity index (χ2n) is 5.64. The molecule has 0 aliphatic rings. The van der Waals surface area contributed by atoms with Crippen molar-refractivity contribution in [2.24, 2.45) is 5.73 Å². The minimum Gasteiger partial charge on any atom is -0.355 e. The summed E-state index contributed by atoms with van der Waals surface area (Å²) in [7, 11) is 0. The van der Waals surface area contributed by atoms with E-state index in [9.17, 15) is 4.79 Å². The molecule has 8 N–H and O–H groups in total. The molecular weight excluding hydrogens is 306 g/mol. The lowest BCUT2D eigenvalue weighted by Gasteiger charge is -2.09. The van der Waals surface area contributed by atoms with Crippen LogP contribution in [0.3, 0.4) is 0 Å². The van der Waals surface area contributed by atoms with Crippen molar-refractivity contribution in [1.29, 1.82) is 0 Å². The van der Waals surface area contributed by atoms with Gasteiger partial charge in [0.25, 0.3) is 0 Å². The highest BCUT2D eigenvalue weighted by molar-refractivity contribution is 5.75. The zero-order valence-corrected chi connectivity index (χ0v) is 15.4. The van der Waals surface area contributed by atoms with Crippen LogP contribution in [-0.2, 0) is 4.79 Å². The van der Waals surface area contributed by atoms with E-state index in [1.54, 1.807) is 0 Å². The number of carbonyl (C=O) groups is 1. The standard InChI is InChI=1S/C16H39N7O/c1-2-3-16(24)23-15-14-22-13-12-21-11-10-20-9-8-19-7-6-18-5-4-17/h18-22H,2-15,17H2,1H3,(H,23,24). The molecule has 0 saturated carbocycles. The first kappa shape index (κ1) is 23.2. The fourth-order valence-corrected chi connectivity index (χ4v) is 2.04. The van der Waals surface area contributed by atoms with Gasteiger partial charge in [0.2, 0.25) is 5.91 Å². The molecule has 0 atom stereocenters. The Bertz CT molecular complexity index is 267. The second kappa shape index (κ2) is 20.3. The molecule has 0 aliphatic carbocycles. The van der Waals surface area contributed by atoms with Crippen LogP contribution in [0.5, 0.6) is 0 Å². The van der Waals surface area contributed by atoms with Crippen molar-refractivity contribution in [2.45, 2.75) is 19.8 Å². The minimum atomic E-state index is 0.143. The van der Waals surface area contributed by atoms with E-state index < -0.39 is 0 Å². The van der Waals surface area contributed by atoms with Crippen molar-refractivity contribution in [3.8, 4) is 0 Å². The van der Waals surface area contributed by atoms with Crippen LogP contribution in [0.2, 0.25) is 0 Å². The van der Waals surface area contributed by atoms with E-state index in [4.69, 9.17) is 5.73 Å². The van der Waals surface area contributed by atoms with Gasteiger partial charge in [-0.2, -0.15) is 0 Å². The van der Waals surface area contributed by atoms with Crippen LogP contribution in [0.15, 0.2) is 0 Å². The van der Waals surface area contributed by atoms with Gasteiger partial charge in [-0.05, 0) is 6.42 Å². The van der Waals surface area contributed by atoms with Crippen LogP contribution in [-0.4, -0.2) is 84.4 Å². The Hall–Kier alpha value is -0.770. The average Bonchev–Trinajstić information content (AvgIpc) is 2.58. The SMILES string of the molecule is CCCC(=O)NCCNCCNCCNCCNCCNCCN. The highest BCUT2D eigenvalue weighted by atomic mass is 16.1. The summed E-state index contributed by atoms with van der Waals surface area (Å²) in [5.41, 5.74) is 5.39. The third kappa shape index (κ3) is 19.3. The number of carbonyl (C=O) groups excluding carboxylic acids is 1. The average molecular weight is 346 g/mol. The summed E-state index contributed by atoms with van der Waals surface area (Å²) in [6.45, 7) is 12.8. The molecular formula is C16H39N7O. The predicted molar refractivity (Wildman–Crippen MR) is 101 cm³/mol. The maximum Gasteiger partial charge on any atom is 0.220 e. The Labute approximate surface area is 147 Å². The highest BCUT2D eigenvalue weighted by Crippen LogP contribution is 1.83. The largest absolute Gasteiger partial charge is 0.355 e.